The van der Waals surface area contributed by atoms with Gasteiger partial charge in [0.2, 0.25) is 0 Å². The van der Waals surface area contributed by atoms with Crippen LogP contribution >= 0.6 is 0 Å². The van der Waals surface area contributed by atoms with Crippen LogP contribution in [-0.2, 0) is 32.8 Å². The minimum atomic E-state index is -3.78. The van der Waals surface area contributed by atoms with Crippen molar-refractivity contribution in [2.75, 3.05) is 33.0 Å². The zero-order valence-electron chi connectivity index (χ0n) is 23.1. The average Bonchev–Trinajstić information content (AvgIpc) is 3.25. The van der Waals surface area contributed by atoms with Crippen molar-refractivity contribution in [3.63, 3.8) is 0 Å². The SMILES string of the molecule is COc1cccc(O)c1C(=O)NCC1(c2cccc(F)c2)CCN(S(=O)(=O)n2cc[n+](C)c2C)CC1.CS(=O)(=O)O. The van der Waals surface area contributed by atoms with E-state index in [4.69, 9.17) is 9.29 Å². The number of phenols is 1. The normalized spacial score (nSPS) is 15.5. The van der Waals surface area contributed by atoms with Crippen molar-refractivity contribution in [3.8, 4) is 11.5 Å². The Labute approximate surface area is 238 Å². The van der Waals surface area contributed by atoms with Gasteiger partial charge in [-0.25, -0.2) is 8.96 Å². The van der Waals surface area contributed by atoms with E-state index >= 15 is 0 Å². The summed E-state index contributed by atoms with van der Waals surface area (Å²) in [6.07, 6.45) is 4.63. The fourth-order valence-corrected chi connectivity index (χ4v) is 6.25. The highest BCUT2D eigenvalue weighted by atomic mass is 32.2. The standard InChI is InChI=1S/C25H29FN4O5S.CH4O3S/c1-18-28(2)14-15-30(18)36(33,34)29-12-10-25(11-13-29,19-6-4-7-20(26)16-19)17-27-24(32)23-21(31)8-5-9-22(23)35-3;1-5(2,3)4/h4-9,14-16H,10-13,17H2,1-3H3,(H-,27,31,32);1H3,(H,2,3,4)/p+1. The van der Waals surface area contributed by atoms with E-state index in [9.17, 15) is 31.1 Å². The van der Waals surface area contributed by atoms with Crippen LogP contribution in [0.3, 0.4) is 0 Å². The van der Waals surface area contributed by atoms with E-state index in [1.165, 1.54) is 39.8 Å². The molecule has 0 aliphatic carbocycles. The molecule has 12 nitrogen and oxygen atoms in total. The number of benzene rings is 2. The summed E-state index contributed by atoms with van der Waals surface area (Å²) in [4.78, 5) is 13.0. The summed E-state index contributed by atoms with van der Waals surface area (Å²) in [5.41, 5.74) is -0.0318. The number of halogens is 1. The van der Waals surface area contributed by atoms with Crippen molar-refractivity contribution in [2.45, 2.75) is 25.2 Å². The molecule has 1 fully saturated rings. The number of imidazole rings is 1. The molecule has 1 saturated heterocycles. The Kier molecular flexibility index (Phi) is 9.79. The summed E-state index contributed by atoms with van der Waals surface area (Å²) in [6, 6.07) is 10.7. The van der Waals surface area contributed by atoms with Gasteiger partial charge in [-0.2, -0.15) is 21.1 Å². The second-order valence-corrected chi connectivity index (χ2v) is 13.0. The quantitative estimate of drug-likeness (QED) is 0.267. The van der Waals surface area contributed by atoms with E-state index in [1.54, 1.807) is 49.0 Å². The van der Waals surface area contributed by atoms with Crippen molar-refractivity contribution in [3.05, 3.63) is 77.6 Å². The van der Waals surface area contributed by atoms with Gasteiger partial charge in [-0.1, -0.05) is 18.2 Å². The molecular weight excluding hydrogens is 579 g/mol. The van der Waals surface area contributed by atoms with Gasteiger partial charge in [-0.05, 0) is 42.7 Å². The lowest BCUT2D eigenvalue weighted by Gasteiger charge is -2.41. The van der Waals surface area contributed by atoms with Gasteiger partial charge in [0.05, 0.1) is 20.4 Å². The summed E-state index contributed by atoms with van der Waals surface area (Å²) < 4.78 is 76.2. The fraction of sp³-hybridized carbons (Fsp3) is 0.385. The summed E-state index contributed by atoms with van der Waals surface area (Å²) in [7, 11) is -4.27. The molecule has 224 valence electrons. The number of aryl methyl sites for hydroxylation is 1. The molecular formula is C26H34FN4O8S2+. The number of phenolic OH excluding ortho intramolecular Hbond substituents is 1. The molecule has 1 amide bonds. The molecule has 3 aromatic rings. The van der Waals surface area contributed by atoms with Crippen molar-refractivity contribution in [2.24, 2.45) is 7.05 Å². The molecule has 1 aliphatic rings. The minimum absolute atomic E-state index is 0.00496. The first-order chi connectivity index (χ1) is 19.1. The number of carbonyl (C=O) groups excluding carboxylic acids is 1. The molecule has 0 bridgehead atoms. The average molecular weight is 614 g/mol. The molecule has 0 atom stereocenters. The van der Waals surface area contributed by atoms with E-state index in [2.05, 4.69) is 5.32 Å². The largest absolute Gasteiger partial charge is 0.507 e. The molecule has 4 rings (SSSR count). The maximum atomic E-state index is 14.2. The van der Waals surface area contributed by atoms with E-state index < -0.39 is 37.5 Å². The monoisotopic (exact) mass is 613 g/mol. The highest BCUT2D eigenvalue weighted by Crippen LogP contribution is 2.37. The lowest BCUT2D eigenvalue weighted by atomic mass is 9.73. The number of carbonyl (C=O) groups is 1. The number of hydrogen-bond donors (Lipinski definition) is 3. The number of rotatable bonds is 7. The zero-order chi connectivity index (χ0) is 30.6. The number of ether oxygens (including phenoxy) is 1. The molecule has 41 heavy (non-hydrogen) atoms. The van der Waals surface area contributed by atoms with Gasteiger partial charge >= 0.3 is 10.2 Å². The molecule has 3 N–H and O–H groups in total. The Morgan fingerprint density at radius 2 is 1.76 bits per heavy atom. The van der Waals surface area contributed by atoms with Gasteiger partial charge < -0.3 is 15.2 Å². The van der Waals surface area contributed by atoms with Crippen LogP contribution < -0.4 is 14.6 Å². The summed E-state index contributed by atoms with van der Waals surface area (Å²) >= 11 is 0. The summed E-state index contributed by atoms with van der Waals surface area (Å²) in [6.45, 7) is 2.23. The van der Waals surface area contributed by atoms with Crippen molar-refractivity contribution >= 4 is 26.2 Å². The highest BCUT2D eigenvalue weighted by molar-refractivity contribution is 7.87. The maximum absolute atomic E-state index is 14.2. The molecule has 2 heterocycles. The number of amides is 1. The van der Waals surface area contributed by atoms with Crippen LogP contribution in [0.25, 0.3) is 0 Å². The Hall–Kier alpha value is -3.53. The highest BCUT2D eigenvalue weighted by Gasteiger charge is 2.42. The van der Waals surface area contributed by atoms with Gasteiger partial charge in [0.25, 0.3) is 21.8 Å². The van der Waals surface area contributed by atoms with Crippen LogP contribution in [0.1, 0.15) is 34.6 Å². The van der Waals surface area contributed by atoms with Crippen LogP contribution in [0.2, 0.25) is 0 Å². The third-order valence-corrected chi connectivity index (χ3v) is 8.89. The second kappa shape index (κ2) is 12.5. The lowest BCUT2D eigenvalue weighted by molar-refractivity contribution is -0.676. The van der Waals surface area contributed by atoms with Crippen molar-refractivity contribution < 1.29 is 45.0 Å². The Morgan fingerprint density at radius 3 is 2.29 bits per heavy atom. The fourth-order valence-electron chi connectivity index (χ4n) is 4.69. The smallest absolute Gasteiger partial charge is 0.380 e. The first-order valence-electron chi connectivity index (χ1n) is 12.5. The molecule has 0 spiro atoms. The molecule has 1 aliphatic heterocycles. The van der Waals surface area contributed by atoms with E-state index in [0.29, 0.717) is 30.5 Å². The number of nitrogens with one attached hydrogen (secondary N) is 1. The number of nitrogens with zero attached hydrogens (tertiary/aromatic N) is 3. The number of hydrogen-bond acceptors (Lipinski definition) is 7. The second-order valence-electron chi connectivity index (χ2n) is 9.72. The predicted molar refractivity (Wildman–Crippen MR) is 148 cm³/mol. The van der Waals surface area contributed by atoms with Gasteiger partial charge in [-0.3, -0.25) is 9.35 Å². The Morgan fingerprint density at radius 1 is 1.15 bits per heavy atom. The van der Waals surface area contributed by atoms with E-state index in [0.717, 1.165) is 0 Å². The predicted octanol–water partition coefficient (Wildman–Crippen LogP) is 1.54. The van der Waals surface area contributed by atoms with Gasteiger partial charge in [0.1, 0.15) is 35.3 Å². The first-order valence-corrected chi connectivity index (χ1v) is 15.7. The van der Waals surface area contributed by atoms with Crippen molar-refractivity contribution in [1.29, 1.82) is 0 Å². The number of aromatic hydroxyl groups is 1. The number of methoxy groups -OCH3 is 1. The Bertz CT molecular complexity index is 1610. The van der Waals surface area contributed by atoms with Crippen molar-refractivity contribution in [1.82, 2.24) is 13.6 Å². The molecule has 0 unspecified atom stereocenters. The lowest BCUT2D eigenvalue weighted by Crippen LogP contribution is -2.51. The molecule has 15 heteroatoms. The first kappa shape index (κ1) is 32.0. The van der Waals surface area contributed by atoms with Gasteiger partial charge in [0.15, 0.2) is 0 Å². The molecule has 2 aromatic carbocycles. The van der Waals surface area contributed by atoms with Crippen LogP contribution in [0.15, 0.2) is 54.9 Å². The third kappa shape index (κ3) is 7.61. The number of aromatic nitrogens is 2. The van der Waals surface area contributed by atoms with Gasteiger partial charge in [0, 0.05) is 32.0 Å². The molecule has 0 saturated carbocycles. The maximum Gasteiger partial charge on any atom is 0.380 e. The van der Waals surface area contributed by atoms with E-state index in [1.807, 2.05) is 0 Å². The van der Waals surface area contributed by atoms with E-state index in [-0.39, 0.29) is 36.7 Å². The minimum Gasteiger partial charge on any atom is -0.507 e. The van der Waals surface area contributed by atoms with Crippen LogP contribution in [0, 0.1) is 12.7 Å². The summed E-state index contributed by atoms with van der Waals surface area (Å²) in [5.74, 6) is -0.371. The number of piperidine rings is 1. The van der Waals surface area contributed by atoms with Gasteiger partial charge in [-0.15, -0.1) is 3.97 Å². The molecule has 1 aromatic heterocycles. The zero-order valence-corrected chi connectivity index (χ0v) is 24.7. The topological polar surface area (TPSA) is 159 Å². The van der Waals surface area contributed by atoms with Crippen LogP contribution in [0.4, 0.5) is 4.39 Å². The van der Waals surface area contributed by atoms with Crippen LogP contribution in [0.5, 0.6) is 11.5 Å². The molecule has 0 radical (unpaired) electrons. The van der Waals surface area contributed by atoms with Crippen LogP contribution in [-0.4, -0.2) is 73.7 Å². The summed E-state index contributed by atoms with van der Waals surface area (Å²) in [5, 5.41) is 13.1. The Balaban J connectivity index is 0.000000850. The third-order valence-electron chi connectivity index (χ3n) is 6.98.